The molecule has 0 N–H and O–H groups in total. The number of rotatable bonds is 9. The third kappa shape index (κ3) is 7.07. The average Bonchev–Trinajstić information content (AvgIpc) is 3.04. The Morgan fingerprint density at radius 3 is 2.21 bits per heavy atom. The Morgan fingerprint density at radius 1 is 0.860 bits per heavy atom. The van der Waals surface area contributed by atoms with Gasteiger partial charge in [0.15, 0.2) is 34.8 Å². The lowest BCUT2D eigenvalue weighted by molar-refractivity contribution is 0.203. The molecule has 0 spiro atoms. The molecule has 1 aromatic heterocycles. The summed E-state index contributed by atoms with van der Waals surface area (Å²) in [6.45, 7) is 5.90. The van der Waals surface area contributed by atoms with Gasteiger partial charge in [-0.05, 0) is 38.4 Å². The topological polar surface area (TPSA) is 54.0 Å². The lowest BCUT2D eigenvalue weighted by Crippen LogP contribution is -2.48. The van der Waals surface area contributed by atoms with E-state index in [-0.39, 0.29) is 0 Å². The van der Waals surface area contributed by atoms with Crippen LogP contribution in [0.4, 0.5) is 27.8 Å². The molecule has 232 valence electrons. The van der Waals surface area contributed by atoms with E-state index in [9.17, 15) is 22.0 Å². The van der Waals surface area contributed by atoms with Gasteiger partial charge in [-0.25, -0.2) is 31.9 Å². The van der Waals surface area contributed by atoms with E-state index in [1.54, 1.807) is 7.11 Å². The molecule has 5 rings (SSSR count). The van der Waals surface area contributed by atoms with Crippen molar-refractivity contribution in [2.45, 2.75) is 31.4 Å². The van der Waals surface area contributed by atoms with Gasteiger partial charge in [-0.3, -0.25) is 0 Å². The highest BCUT2D eigenvalue weighted by atomic mass is 32.2. The SMILES string of the molecule is COc1cc2c(N3CCN(C(=S)SCc4c(F)c(F)c(F)c(F)c4F)CC3)ncnc2cc1OCCCN1CCCCC1. The fourth-order valence-electron chi connectivity index (χ4n) is 5.33. The minimum atomic E-state index is -2.18. The van der Waals surface area contributed by atoms with Crippen LogP contribution >= 0.6 is 24.0 Å². The van der Waals surface area contributed by atoms with Gasteiger partial charge in [0.25, 0.3) is 0 Å². The quantitative estimate of drug-likeness (QED) is 0.0931. The van der Waals surface area contributed by atoms with Crippen LogP contribution in [0.1, 0.15) is 31.2 Å². The third-order valence-corrected chi connectivity index (χ3v) is 9.25. The molecule has 2 aliphatic rings. The van der Waals surface area contributed by atoms with Crippen LogP contribution < -0.4 is 14.4 Å². The van der Waals surface area contributed by atoms with Crippen molar-refractivity contribution in [2.24, 2.45) is 0 Å². The number of ether oxygens (including phenoxy) is 2. The summed E-state index contributed by atoms with van der Waals surface area (Å²) in [5.74, 6) is -8.33. The molecule has 2 fully saturated rings. The lowest BCUT2D eigenvalue weighted by atomic mass is 10.1. The maximum atomic E-state index is 14.1. The number of fused-ring (bicyclic) bond motifs is 1. The number of piperazine rings is 1. The molecular formula is C29H32F5N5O2S2. The van der Waals surface area contributed by atoms with Gasteiger partial charge in [-0.2, -0.15) is 0 Å². The highest BCUT2D eigenvalue weighted by Gasteiger charge is 2.27. The maximum absolute atomic E-state index is 14.1. The van der Waals surface area contributed by atoms with Crippen LogP contribution in [-0.2, 0) is 5.75 Å². The zero-order valence-electron chi connectivity index (χ0n) is 23.7. The summed E-state index contributed by atoms with van der Waals surface area (Å²) in [5, 5.41) is 0.803. The van der Waals surface area contributed by atoms with Crippen LogP contribution in [0, 0.1) is 29.1 Å². The van der Waals surface area contributed by atoms with Gasteiger partial charge < -0.3 is 24.2 Å². The number of piperidine rings is 1. The zero-order chi connectivity index (χ0) is 30.5. The number of thioether (sulfide) groups is 1. The lowest BCUT2D eigenvalue weighted by Gasteiger charge is -2.36. The molecule has 0 radical (unpaired) electrons. The van der Waals surface area contributed by atoms with E-state index in [1.165, 1.54) is 25.6 Å². The van der Waals surface area contributed by atoms with Crippen molar-refractivity contribution in [1.82, 2.24) is 19.8 Å². The predicted octanol–water partition coefficient (Wildman–Crippen LogP) is 5.93. The molecule has 0 unspecified atom stereocenters. The van der Waals surface area contributed by atoms with E-state index in [2.05, 4.69) is 19.8 Å². The standard InChI is InChI=1S/C29H32F5N5O2S2/c1-40-21-14-18-20(15-22(21)41-13-5-8-37-6-3-2-4-7-37)35-17-36-28(18)38-9-11-39(12-10-38)29(42)43-16-19-23(30)25(32)27(34)26(33)24(19)31/h14-15,17H,2-13,16H2,1H3. The third-order valence-electron chi connectivity index (χ3n) is 7.70. The van der Waals surface area contributed by atoms with Gasteiger partial charge in [0, 0.05) is 55.5 Å². The fourth-order valence-corrected chi connectivity index (χ4v) is 6.58. The second-order valence-corrected chi connectivity index (χ2v) is 12.0. The summed E-state index contributed by atoms with van der Waals surface area (Å²) < 4.78 is 80.6. The van der Waals surface area contributed by atoms with Gasteiger partial charge in [0.05, 0.1) is 19.2 Å². The van der Waals surface area contributed by atoms with Crippen LogP contribution in [0.5, 0.6) is 11.5 Å². The number of hydrogen-bond donors (Lipinski definition) is 0. The van der Waals surface area contributed by atoms with E-state index in [0.717, 1.165) is 49.0 Å². The van der Waals surface area contributed by atoms with Crippen LogP contribution in [0.15, 0.2) is 18.5 Å². The molecule has 0 bridgehead atoms. The number of methoxy groups -OCH3 is 1. The first kappa shape index (κ1) is 31.5. The Hall–Kier alpha value is -2.97. The minimum Gasteiger partial charge on any atom is -0.493 e. The molecule has 2 aliphatic heterocycles. The van der Waals surface area contributed by atoms with Crippen molar-refractivity contribution in [3.63, 3.8) is 0 Å². The van der Waals surface area contributed by atoms with Crippen molar-refractivity contribution >= 4 is 45.0 Å². The Bertz CT molecular complexity index is 1440. The first-order chi connectivity index (χ1) is 20.8. The van der Waals surface area contributed by atoms with Crippen molar-refractivity contribution in [3.8, 4) is 11.5 Å². The summed E-state index contributed by atoms with van der Waals surface area (Å²) >= 11 is 6.27. The number of aromatic nitrogens is 2. The number of hydrogen-bond acceptors (Lipinski definition) is 8. The molecule has 0 saturated carbocycles. The molecule has 0 aliphatic carbocycles. The van der Waals surface area contributed by atoms with Crippen LogP contribution in [0.2, 0.25) is 0 Å². The maximum Gasteiger partial charge on any atom is 0.200 e. The van der Waals surface area contributed by atoms with Crippen molar-refractivity contribution in [3.05, 3.63) is 53.1 Å². The van der Waals surface area contributed by atoms with E-state index >= 15 is 0 Å². The Labute approximate surface area is 256 Å². The molecule has 0 amide bonds. The largest absolute Gasteiger partial charge is 0.493 e. The highest BCUT2D eigenvalue weighted by Crippen LogP contribution is 2.36. The second-order valence-electron chi connectivity index (χ2n) is 10.4. The number of likely N-dealkylation sites (tertiary alicyclic amines) is 1. The van der Waals surface area contributed by atoms with E-state index < -0.39 is 40.4 Å². The van der Waals surface area contributed by atoms with E-state index in [4.69, 9.17) is 21.7 Å². The highest BCUT2D eigenvalue weighted by molar-refractivity contribution is 8.22. The second kappa shape index (κ2) is 14.2. The first-order valence-corrected chi connectivity index (χ1v) is 15.5. The van der Waals surface area contributed by atoms with Crippen LogP contribution in [-0.4, -0.2) is 83.6 Å². The molecule has 43 heavy (non-hydrogen) atoms. The van der Waals surface area contributed by atoms with Gasteiger partial charge in [-0.1, -0.05) is 30.4 Å². The molecule has 2 saturated heterocycles. The smallest absolute Gasteiger partial charge is 0.200 e. The number of thiocarbonyl (C=S) groups is 1. The van der Waals surface area contributed by atoms with Gasteiger partial charge in [0.1, 0.15) is 16.5 Å². The van der Waals surface area contributed by atoms with Crippen molar-refractivity contribution in [1.29, 1.82) is 0 Å². The molecule has 7 nitrogen and oxygen atoms in total. The normalized spacial score (nSPS) is 16.1. The zero-order valence-corrected chi connectivity index (χ0v) is 25.3. The predicted molar refractivity (Wildman–Crippen MR) is 160 cm³/mol. The van der Waals surface area contributed by atoms with Gasteiger partial charge >= 0.3 is 0 Å². The van der Waals surface area contributed by atoms with Crippen molar-refractivity contribution in [2.75, 3.05) is 64.4 Å². The van der Waals surface area contributed by atoms with Gasteiger partial charge in [-0.15, -0.1) is 0 Å². The fraction of sp³-hybridized carbons (Fsp3) is 0.483. The molecule has 3 heterocycles. The summed E-state index contributed by atoms with van der Waals surface area (Å²) in [6, 6.07) is 3.74. The Morgan fingerprint density at radius 2 is 1.53 bits per heavy atom. The Balaban J connectivity index is 1.19. The number of halogens is 5. The molecule has 2 aromatic carbocycles. The molecular weight excluding hydrogens is 609 g/mol. The minimum absolute atomic E-state index is 0.305. The van der Waals surface area contributed by atoms with E-state index in [0.29, 0.717) is 54.1 Å². The number of anilines is 1. The summed E-state index contributed by atoms with van der Waals surface area (Å²) in [6.07, 6.45) is 6.24. The summed E-state index contributed by atoms with van der Waals surface area (Å²) in [4.78, 5) is 15.4. The summed E-state index contributed by atoms with van der Waals surface area (Å²) in [7, 11) is 1.59. The summed E-state index contributed by atoms with van der Waals surface area (Å²) in [5.41, 5.74) is -0.178. The van der Waals surface area contributed by atoms with Gasteiger partial charge in [0.2, 0.25) is 5.82 Å². The average molecular weight is 642 g/mol. The molecule has 0 atom stereocenters. The monoisotopic (exact) mass is 641 g/mol. The van der Waals surface area contributed by atoms with Crippen LogP contribution in [0.3, 0.4) is 0 Å². The number of nitrogens with zero attached hydrogens (tertiary/aromatic N) is 5. The van der Waals surface area contributed by atoms with E-state index in [1.807, 2.05) is 17.0 Å². The first-order valence-electron chi connectivity index (χ1n) is 14.1. The Kier molecular flexibility index (Phi) is 10.4. The number of benzene rings is 2. The van der Waals surface area contributed by atoms with Crippen LogP contribution in [0.25, 0.3) is 10.9 Å². The molecule has 14 heteroatoms. The molecule has 3 aromatic rings. The van der Waals surface area contributed by atoms with Crippen molar-refractivity contribution < 1.29 is 31.4 Å².